The number of aryl methyl sites for hydroxylation is 4. The molecule has 0 amide bonds. The van der Waals surface area contributed by atoms with Crippen LogP contribution in [-0.2, 0) is 71.6 Å². The van der Waals surface area contributed by atoms with Gasteiger partial charge in [0.15, 0.2) is 0 Å². The van der Waals surface area contributed by atoms with Gasteiger partial charge in [-0.2, -0.15) is 47.9 Å². The number of benzene rings is 5. The van der Waals surface area contributed by atoms with Crippen LogP contribution in [0.25, 0.3) is 22.3 Å². The Balaban J connectivity index is -0.000000851. The lowest BCUT2D eigenvalue weighted by molar-refractivity contribution is -0.193. The molecule has 5 aromatic rings. The van der Waals surface area contributed by atoms with Gasteiger partial charge in [-0.3, -0.25) is 0 Å². The lowest BCUT2D eigenvalue weighted by Crippen LogP contribution is -2.11. The zero-order chi connectivity index (χ0) is 54.4. The molecule has 0 aliphatic heterocycles. The van der Waals surface area contributed by atoms with Crippen molar-refractivity contribution in [2.75, 3.05) is 35.5 Å². The van der Waals surface area contributed by atoms with Crippen molar-refractivity contribution in [3.63, 3.8) is 0 Å². The van der Waals surface area contributed by atoms with E-state index in [1.54, 1.807) is 36.4 Å². The Bertz CT molecular complexity index is 2600. The first-order valence-electron chi connectivity index (χ1n) is 19.2. The first-order chi connectivity index (χ1) is 33.3. The van der Waals surface area contributed by atoms with Crippen molar-refractivity contribution in [3.05, 3.63) is 153 Å². The Morgan fingerprint density at radius 3 is 0.971 bits per heavy atom. The zero-order valence-corrected chi connectivity index (χ0v) is 39.4. The van der Waals surface area contributed by atoms with Crippen molar-refractivity contribution in [1.29, 1.82) is 0 Å². The normalized spacial score (nSPS) is 8.43. The van der Waals surface area contributed by atoms with Gasteiger partial charge in [0.2, 0.25) is 0 Å². The van der Waals surface area contributed by atoms with Gasteiger partial charge in [0.05, 0.1) is 63.4 Å². The van der Waals surface area contributed by atoms with Crippen LogP contribution >= 0.6 is 0 Å². The standard InChI is InChI=1S/C18H18O4.C17H18O2.C10H10O4.5CO2/c1-11-5-6-13(9-12(11)2)14-7-8-15(17(19)21-3)16(10-14)18(20)22-4;1-11-8-9-14(10-12(11)2)15-6-5-7-16(13(15)3)17(18)19-4;1-13-9(11)7-5-3-4-6-8(7)10(12)14-2;5*2-1-3/h5-10H,1-4H3;5-10H,1-4H3;3-6H,1-2H3;;;;;. The highest BCUT2D eigenvalue weighted by atomic mass is 16.5. The summed E-state index contributed by atoms with van der Waals surface area (Å²) in [5.41, 5.74) is 11.3. The van der Waals surface area contributed by atoms with Crippen molar-refractivity contribution in [1.82, 2.24) is 0 Å². The molecule has 5 rings (SSSR count). The number of carbonyl (C=O) groups excluding carboxylic acids is 15. The second-order valence-corrected chi connectivity index (χ2v) is 12.8. The minimum Gasteiger partial charge on any atom is -0.465 e. The topological polar surface area (TPSA) is 302 Å². The lowest BCUT2D eigenvalue weighted by Gasteiger charge is -2.11. The van der Waals surface area contributed by atoms with E-state index in [1.165, 1.54) is 64.4 Å². The maximum atomic E-state index is 11.9. The molecule has 0 N–H and O–H groups in total. The molecule has 0 spiro atoms. The van der Waals surface area contributed by atoms with E-state index in [-0.39, 0.29) is 59.0 Å². The Labute approximate surface area is 400 Å². The molecule has 0 unspecified atom stereocenters. The summed E-state index contributed by atoms with van der Waals surface area (Å²) >= 11 is 0. The molecular formula is C50H46O20. The first-order valence-corrected chi connectivity index (χ1v) is 19.2. The molecular weight excluding hydrogens is 921 g/mol. The summed E-state index contributed by atoms with van der Waals surface area (Å²) in [4.78, 5) is 139. The Kier molecular flexibility index (Phi) is 34.7. The quantitative estimate of drug-likeness (QED) is 0.134. The van der Waals surface area contributed by atoms with Crippen LogP contribution in [0.1, 0.15) is 79.6 Å². The fourth-order valence-electron chi connectivity index (χ4n) is 5.46. The predicted molar refractivity (Wildman–Crippen MR) is 236 cm³/mol. The van der Waals surface area contributed by atoms with E-state index in [0.29, 0.717) is 5.56 Å². The van der Waals surface area contributed by atoms with Crippen LogP contribution in [-0.4, -0.2) is 96.2 Å². The molecule has 20 heteroatoms. The zero-order valence-electron chi connectivity index (χ0n) is 39.4. The minimum absolute atomic E-state index is 0.196. The van der Waals surface area contributed by atoms with Crippen LogP contribution in [0.5, 0.6) is 0 Å². The van der Waals surface area contributed by atoms with E-state index in [0.717, 1.165) is 33.4 Å². The number of hydrogen-bond donors (Lipinski definition) is 0. The van der Waals surface area contributed by atoms with Gasteiger partial charge in [-0.1, -0.05) is 66.7 Å². The maximum Gasteiger partial charge on any atom is 0.373 e. The smallest absolute Gasteiger partial charge is 0.373 e. The largest absolute Gasteiger partial charge is 0.465 e. The van der Waals surface area contributed by atoms with Gasteiger partial charge >= 0.3 is 60.6 Å². The van der Waals surface area contributed by atoms with Gasteiger partial charge in [-0.25, -0.2) is 24.0 Å². The molecule has 0 atom stereocenters. The monoisotopic (exact) mass is 966 g/mol. The van der Waals surface area contributed by atoms with E-state index in [4.69, 9.17) is 62.2 Å². The maximum absolute atomic E-state index is 11.9. The Hall–Kier alpha value is -9.65. The molecule has 0 aromatic heterocycles. The minimum atomic E-state index is -0.564. The molecule has 0 bridgehead atoms. The number of hydrogen-bond acceptors (Lipinski definition) is 20. The summed E-state index contributed by atoms with van der Waals surface area (Å²) in [7, 11) is 6.49. The molecule has 0 fully saturated rings. The van der Waals surface area contributed by atoms with Gasteiger partial charge in [-0.05, 0) is 115 Å². The fourth-order valence-corrected chi connectivity index (χ4v) is 5.46. The third kappa shape index (κ3) is 22.5. The molecule has 0 saturated carbocycles. The van der Waals surface area contributed by atoms with Crippen LogP contribution < -0.4 is 0 Å². The molecule has 0 aliphatic carbocycles. The summed E-state index contributed by atoms with van der Waals surface area (Å²) in [5, 5.41) is 0. The average Bonchev–Trinajstić information content (AvgIpc) is 3.36. The van der Waals surface area contributed by atoms with Crippen molar-refractivity contribution >= 4 is 60.6 Å². The molecule has 0 heterocycles. The number of rotatable bonds is 7. The van der Waals surface area contributed by atoms with Crippen LogP contribution in [0.3, 0.4) is 0 Å². The fraction of sp³-hybridized carbons (Fsp3) is 0.200. The first kappa shape index (κ1) is 64.6. The molecule has 0 radical (unpaired) electrons. The second kappa shape index (κ2) is 37.6. The highest BCUT2D eigenvalue weighted by Crippen LogP contribution is 2.28. The second-order valence-electron chi connectivity index (χ2n) is 12.8. The Morgan fingerprint density at radius 2 is 0.600 bits per heavy atom. The van der Waals surface area contributed by atoms with Gasteiger partial charge in [0.25, 0.3) is 0 Å². The molecule has 5 aromatic carbocycles. The SMILES string of the molecule is COC(=O)c1ccc(-c2ccc(C)c(C)c2)cc1C(=O)OC.COC(=O)c1cccc(-c2ccc(C)c(C)c2)c1C.COC(=O)c1ccccc1C(=O)OC.O=C=O.O=C=O.O=C=O.O=C=O.O=C=O. The van der Waals surface area contributed by atoms with E-state index in [2.05, 4.69) is 41.5 Å². The van der Waals surface area contributed by atoms with Crippen molar-refractivity contribution in [3.8, 4) is 22.3 Å². The summed E-state index contributed by atoms with van der Waals surface area (Å²) in [6.45, 7) is 10.2. The van der Waals surface area contributed by atoms with Crippen molar-refractivity contribution < 1.29 is 95.6 Å². The van der Waals surface area contributed by atoms with E-state index in [9.17, 15) is 24.0 Å². The van der Waals surface area contributed by atoms with Crippen LogP contribution in [0.2, 0.25) is 0 Å². The predicted octanol–water partition coefficient (Wildman–Crippen LogP) is 5.95. The summed E-state index contributed by atoms with van der Waals surface area (Å²) < 4.78 is 23.3. The number of ether oxygens (including phenoxy) is 5. The van der Waals surface area contributed by atoms with Crippen LogP contribution in [0.4, 0.5) is 0 Å². The summed E-state index contributed by atoms with van der Waals surface area (Å²) in [6.07, 6.45) is 1.25. The van der Waals surface area contributed by atoms with Crippen molar-refractivity contribution in [2.24, 2.45) is 0 Å². The average molecular weight is 967 g/mol. The van der Waals surface area contributed by atoms with Gasteiger partial charge < -0.3 is 23.7 Å². The van der Waals surface area contributed by atoms with E-state index >= 15 is 0 Å². The van der Waals surface area contributed by atoms with Gasteiger partial charge in [0.1, 0.15) is 0 Å². The molecule has 20 nitrogen and oxygen atoms in total. The van der Waals surface area contributed by atoms with Crippen molar-refractivity contribution in [2.45, 2.75) is 34.6 Å². The van der Waals surface area contributed by atoms with E-state index < -0.39 is 23.9 Å². The van der Waals surface area contributed by atoms with E-state index in [1.807, 2.05) is 51.1 Å². The molecule has 366 valence electrons. The van der Waals surface area contributed by atoms with Gasteiger partial charge in [-0.15, -0.1) is 0 Å². The highest BCUT2D eigenvalue weighted by molar-refractivity contribution is 6.04. The molecule has 0 saturated heterocycles. The number of esters is 5. The summed E-state index contributed by atoms with van der Waals surface area (Å²) in [6, 6.07) is 29.5. The third-order valence-corrected chi connectivity index (χ3v) is 8.97. The number of carbonyl (C=O) groups is 5. The Morgan fingerprint density at radius 1 is 0.314 bits per heavy atom. The lowest BCUT2D eigenvalue weighted by atomic mass is 9.94. The van der Waals surface area contributed by atoms with Crippen LogP contribution in [0, 0.1) is 34.6 Å². The van der Waals surface area contributed by atoms with Gasteiger partial charge in [0, 0.05) is 0 Å². The highest BCUT2D eigenvalue weighted by Gasteiger charge is 2.20. The van der Waals surface area contributed by atoms with Crippen LogP contribution in [0.15, 0.2) is 97.1 Å². The number of methoxy groups -OCH3 is 5. The third-order valence-electron chi connectivity index (χ3n) is 8.97. The summed E-state index contributed by atoms with van der Waals surface area (Å²) in [5.74, 6) is -2.52. The molecule has 0 aliphatic rings. The molecule has 70 heavy (non-hydrogen) atoms.